The Morgan fingerprint density at radius 2 is 1.95 bits per heavy atom. The molecule has 0 saturated heterocycles. The molecule has 2 N–H and O–H groups in total. The highest BCUT2D eigenvalue weighted by Crippen LogP contribution is 2.22. The topological polar surface area (TPSA) is 49.8 Å². The zero-order chi connectivity index (χ0) is 13.8. The Kier molecular flexibility index (Phi) is 3.78. The van der Waals surface area contributed by atoms with Crippen LogP contribution in [0.25, 0.3) is 10.9 Å². The van der Waals surface area contributed by atoms with Gasteiger partial charge in [-0.1, -0.05) is 18.2 Å². The molecule has 0 aliphatic rings. The minimum atomic E-state index is 0.667. The summed E-state index contributed by atoms with van der Waals surface area (Å²) >= 11 is 1.74. The SMILES string of the molecule is CCNc1nc(NCc2cccs2)c2ccccc2n1. The first-order valence-corrected chi connectivity index (χ1v) is 7.51. The van der Waals surface area contributed by atoms with E-state index in [1.54, 1.807) is 11.3 Å². The fourth-order valence-corrected chi connectivity index (χ4v) is 2.68. The van der Waals surface area contributed by atoms with Gasteiger partial charge < -0.3 is 10.6 Å². The van der Waals surface area contributed by atoms with Crippen LogP contribution in [0.1, 0.15) is 11.8 Å². The zero-order valence-corrected chi connectivity index (χ0v) is 12.1. The number of para-hydroxylation sites is 1. The highest BCUT2D eigenvalue weighted by Gasteiger charge is 2.06. The summed E-state index contributed by atoms with van der Waals surface area (Å²) in [6.45, 7) is 3.63. The molecule has 0 radical (unpaired) electrons. The Morgan fingerprint density at radius 3 is 2.75 bits per heavy atom. The molecule has 0 amide bonds. The molecule has 0 aliphatic heterocycles. The Labute approximate surface area is 121 Å². The van der Waals surface area contributed by atoms with Crippen LogP contribution >= 0.6 is 11.3 Å². The fraction of sp³-hybridized carbons (Fsp3) is 0.200. The molecule has 20 heavy (non-hydrogen) atoms. The Bertz CT molecular complexity index is 694. The van der Waals surface area contributed by atoms with E-state index < -0.39 is 0 Å². The number of aromatic nitrogens is 2. The van der Waals surface area contributed by atoms with Crippen molar-refractivity contribution >= 4 is 34.0 Å². The number of thiophene rings is 1. The van der Waals surface area contributed by atoms with Crippen molar-refractivity contribution in [1.82, 2.24) is 9.97 Å². The number of rotatable bonds is 5. The summed E-state index contributed by atoms with van der Waals surface area (Å²) in [5.74, 6) is 1.54. The summed E-state index contributed by atoms with van der Waals surface area (Å²) in [6.07, 6.45) is 0. The maximum Gasteiger partial charge on any atom is 0.225 e. The second-order valence-electron chi connectivity index (χ2n) is 4.38. The van der Waals surface area contributed by atoms with Crippen molar-refractivity contribution in [1.29, 1.82) is 0 Å². The first-order valence-electron chi connectivity index (χ1n) is 6.63. The Morgan fingerprint density at radius 1 is 1.05 bits per heavy atom. The number of hydrogen-bond donors (Lipinski definition) is 2. The zero-order valence-electron chi connectivity index (χ0n) is 11.3. The molecule has 0 spiro atoms. The summed E-state index contributed by atoms with van der Waals surface area (Å²) < 4.78 is 0. The van der Waals surface area contributed by atoms with Crippen LogP contribution in [0.4, 0.5) is 11.8 Å². The van der Waals surface area contributed by atoms with Crippen LogP contribution in [0.3, 0.4) is 0 Å². The lowest BCUT2D eigenvalue weighted by Gasteiger charge is -2.10. The van der Waals surface area contributed by atoms with Crippen LogP contribution in [0, 0.1) is 0 Å². The van der Waals surface area contributed by atoms with Crippen LogP contribution in [0.15, 0.2) is 41.8 Å². The van der Waals surface area contributed by atoms with E-state index in [9.17, 15) is 0 Å². The summed E-state index contributed by atoms with van der Waals surface area (Å²) in [5, 5.41) is 9.71. The van der Waals surface area contributed by atoms with E-state index in [0.29, 0.717) is 5.95 Å². The summed E-state index contributed by atoms with van der Waals surface area (Å²) in [5.41, 5.74) is 0.951. The number of fused-ring (bicyclic) bond motifs is 1. The molecule has 3 aromatic rings. The molecule has 0 atom stereocenters. The third kappa shape index (κ3) is 2.72. The van der Waals surface area contributed by atoms with Crippen molar-refractivity contribution in [2.24, 2.45) is 0 Å². The van der Waals surface area contributed by atoms with Gasteiger partial charge in [-0.05, 0) is 30.5 Å². The van der Waals surface area contributed by atoms with Crippen LogP contribution in [0.2, 0.25) is 0 Å². The normalized spacial score (nSPS) is 10.7. The lowest BCUT2D eigenvalue weighted by molar-refractivity contribution is 1.08. The maximum absolute atomic E-state index is 4.56. The molecule has 2 heterocycles. The predicted molar refractivity (Wildman–Crippen MR) is 85.3 cm³/mol. The quantitative estimate of drug-likeness (QED) is 0.749. The van der Waals surface area contributed by atoms with Gasteiger partial charge in [0.1, 0.15) is 5.82 Å². The summed E-state index contributed by atoms with van der Waals surface area (Å²) in [7, 11) is 0. The van der Waals surface area contributed by atoms with Gasteiger partial charge >= 0.3 is 0 Å². The van der Waals surface area contributed by atoms with E-state index in [-0.39, 0.29) is 0 Å². The Hall–Kier alpha value is -2.14. The molecule has 0 fully saturated rings. The number of anilines is 2. The average molecular weight is 284 g/mol. The largest absolute Gasteiger partial charge is 0.364 e. The smallest absolute Gasteiger partial charge is 0.225 e. The molecule has 4 nitrogen and oxygen atoms in total. The van der Waals surface area contributed by atoms with Gasteiger partial charge in [0, 0.05) is 16.8 Å². The highest BCUT2D eigenvalue weighted by molar-refractivity contribution is 7.09. The molecule has 0 unspecified atom stereocenters. The van der Waals surface area contributed by atoms with E-state index in [1.165, 1.54) is 4.88 Å². The minimum absolute atomic E-state index is 0.667. The third-order valence-corrected chi connectivity index (χ3v) is 3.82. The minimum Gasteiger partial charge on any atom is -0.364 e. The number of nitrogens with one attached hydrogen (secondary N) is 2. The first-order chi connectivity index (χ1) is 9.86. The summed E-state index contributed by atoms with van der Waals surface area (Å²) in [6, 6.07) is 12.2. The molecule has 3 rings (SSSR count). The average Bonchev–Trinajstić information content (AvgIpc) is 2.98. The lowest BCUT2D eigenvalue weighted by Crippen LogP contribution is -2.07. The van der Waals surface area contributed by atoms with Gasteiger partial charge in [-0.25, -0.2) is 4.98 Å². The molecular formula is C15H16N4S. The van der Waals surface area contributed by atoms with Gasteiger partial charge in [0.05, 0.1) is 12.1 Å². The molecule has 2 aromatic heterocycles. The first kappa shape index (κ1) is 12.9. The molecule has 0 bridgehead atoms. The second kappa shape index (κ2) is 5.88. The van der Waals surface area contributed by atoms with E-state index in [0.717, 1.165) is 29.8 Å². The Balaban J connectivity index is 1.94. The van der Waals surface area contributed by atoms with Crippen molar-refractivity contribution in [2.75, 3.05) is 17.2 Å². The summed E-state index contributed by atoms with van der Waals surface area (Å²) in [4.78, 5) is 10.4. The lowest BCUT2D eigenvalue weighted by atomic mass is 10.2. The molecule has 1 aromatic carbocycles. The van der Waals surface area contributed by atoms with Crippen LogP contribution < -0.4 is 10.6 Å². The molecule has 0 saturated carbocycles. The monoisotopic (exact) mass is 284 g/mol. The van der Waals surface area contributed by atoms with E-state index in [2.05, 4.69) is 38.1 Å². The van der Waals surface area contributed by atoms with Crippen molar-refractivity contribution in [3.8, 4) is 0 Å². The van der Waals surface area contributed by atoms with Gasteiger partial charge in [0.15, 0.2) is 0 Å². The molecular weight excluding hydrogens is 268 g/mol. The van der Waals surface area contributed by atoms with Crippen LogP contribution in [0.5, 0.6) is 0 Å². The third-order valence-electron chi connectivity index (χ3n) is 2.95. The van der Waals surface area contributed by atoms with Gasteiger partial charge in [-0.3, -0.25) is 0 Å². The van der Waals surface area contributed by atoms with E-state index in [1.807, 2.05) is 31.2 Å². The van der Waals surface area contributed by atoms with Gasteiger partial charge in [-0.15, -0.1) is 11.3 Å². The number of hydrogen-bond acceptors (Lipinski definition) is 5. The van der Waals surface area contributed by atoms with Crippen LogP contribution in [-0.2, 0) is 6.54 Å². The van der Waals surface area contributed by atoms with E-state index in [4.69, 9.17) is 0 Å². The van der Waals surface area contributed by atoms with Gasteiger partial charge in [-0.2, -0.15) is 4.98 Å². The van der Waals surface area contributed by atoms with Crippen LogP contribution in [-0.4, -0.2) is 16.5 Å². The number of nitrogens with zero attached hydrogens (tertiary/aromatic N) is 2. The number of benzene rings is 1. The predicted octanol–water partition coefficient (Wildman–Crippen LogP) is 3.74. The molecule has 0 aliphatic carbocycles. The van der Waals surface area contributed by atoms with Crippen molar-refractivity contribution in [3.05, 3.63) is 46.7 Å². The highest BCUT2D eigenvalue weighted by atomic mass is 32.1. The standard InChI is InChI=1S/C15H16N4S/c1-2-16-15-18-13-8-4-3-7-12(13)14(19-15)17-10-11-6-5-9-20-11/h3-9H,2,10H2,1H3,(H2,16,17,18,19). The molecule has 5 heteroatoms. The van der Waals surface area contributed by atoms with Crippen molar-refractivity contribution in [2.45, 2.75) is 13.5 Å². The van der Waals surface area contributed by atoms with Gasteiger partial charge in [0.2, 0.25) is 5.95 Å². The van der Waals surface area contributed by atoms with Gasteiger partial charge in [0.25, 0.3) is 0 Å². The van der Waals surface area contributed by atoms with Crippen molar-refractivity contribution < 1.29 is 0 Å². The fourth-order valence-electron chi connectivity index (χ4n) is 2.03. The maximum atomic E-state index is 4.56. The molecule has 102 valence electrons. The van der Waals surface area contributed by atoms with E-state index >= 15 is 0 Å². The van der Waals surface area contributed by atoms with Crippen molar-refractivity contribution in [3.63, 3.8) is 0 Å². The second-order valence-corrected chi connectivity index (χ2v) is 5.41.